The summed E-state index contributed by atoms with van der Waals surface area (Å²) in [5.74, 6) is 0.667. The van der Waals surface area contributed by atoms with Gasteiger partial charge in [0.2, 0.25) is 5.91 Å². The number of carbonyl (C=O) groups is 1. The van der Waals surface area contributed by atoms with E-state index >= 15 is 0 Å². The SMILES string of the molecule is C=CCc1ccc(CNC(=O)C2CCCC(c3ncnc4c3C=C(c3ccccc3)N[C@@H]4C)CCC2)cc1. The van der Waals surface area contributed by atoms with Gasteiger partial charge >= 0.3 is 0 Å². The van der Waals surface area contributed by atoms with Gasteiger partial charge in [0.1, 0.15) is 6.33 Å². The van der Waals surface area contributed by atoms with Crippen LogP contribution in [0.25, 0.3) is 11.8 Å². The molecular weight excluding hydrogens is 468 g/mol. The van der Waals surface area contributed by atoms with Crippen molar-refractivity contribution >= 4 is 17.7 Å². The van der Waals surface area contributed by atoms with Gasteiger partial charge in [0.15, 0.2) is 0 Å². The second-order valence-electron chi connectivity index (χ2n) is 10.6. The number of hydrogen-bond donors (Lipinski definition) is 2. The van der Waals surface area contributed by atoms with Crippen LogP contribution in [0, 0.1) is 5.92 Å². The van der Waals surface area contributed by atoms with E-state index < -0.39 is 0 Å². The molecule has 5 heteroatoms. The van der Waals surface area contributed by atoms with E-state index in [9.17, 15) is 4.79 Å². The summed E-state index contributed by atoms with van der Waals surface area (Å²) in [4.78, 5) is 22.5. The summed E-state index contributed by atoms with van der Waals surface area (Å²) >= 11 is 0. The third-order valence-electron chi connectivity index (χ3n) is 7.94. The van der Waals surface area contributed by atoms with Crippen LogP contribution in [0.2, 0.25) is 0 Å². The summed E-state index contributed by atoms with van der Waals surface area (Å²) in [7, 11) is 0. The van der Waals surface area contributed by atoms with Crippen LogP contribution < -0.4 is 10.6 Å². The highest BCUT2D eigenvalue weighted by Crippen LogP contribution is 2.38. The van der Waals surface area contributed by atoms with E-state index in [0.29, 0.717) is 12.5 Å². The van der Waals surface area contributed by atoms with Crippen molar-refractivity contribution in [3.63, 3.8) is 0 Å². The average Bonchev–Trinajstić information content (AvgIpc) is 2.93. The Morgan fingerprint density at radius 1 is 0.974 bits per heavy atom. The second kappa shape index (κ2) is 12.2. The van der Waals surface area contributed by atoms with Crippen molar-refractivity contribution in [2.24, 2.45) is 5.92 Å². The highest BCUT2D eigenvalue weighted by molar-refractivity contribution is 5.84. The number of nitrogens with one attached hydrogen (secondary N) is 2. The Morgan fingerprint density at radius 2 is 1.66 bits per heavy atom. The van der Waals surface area contributed by atoms with E-state index in [0.717, 1.165) is 61.9 Å². The van der Waals surface area contributed by atoms with Crippen LogP contribution in [-0.2, 0) is 17.8 Å². The van der Waals surface area contributed by atoms with Crippen molar-refractivity contribution in [3.8, 4) is 0 Å². The van der Waals surface area contributed by atoms with Crippen LogP contribution in [0.15, 0.2) is 73.6 Å². The van der Waals surface area contributed by atoms with Gasteiger partial charge in [-0.15, -0.1) is 6.58 Å². The molecule has 1 aliphatic carbocycles. The van der Waals surface area contributed by atoms with E-state index in [1.54, 1.807) is 6.33 Å². The summed E-state index contributed by atoms with van der Waals surface area (Å²) in [5, 5.41) is 6.80. The van der Waals surface area contributed by atoms with Crippen LogP contribution in [0.1, 0.15) is 91.1 Å². The molecule has 0 bridgehead atoms. The monoisotopic (exact) mass is 506 g/mol. The highest BCUT2D eigenvalue weighted by Gasteiger charge is 2.28. The van der Waals surface area contributed by atoms with Crippen LogP contribution in [0.4, 0.5) is 0 Å². The first-order valence-corrected chi connectivity index (χ1v) is 14.0. The Bertz CT molecular complexity index is 1270. The minimum absolute atomic E-state index is 0.0871. The molecule has 3 aromatic rings. The largest absolute Gasteiger partial charge is 0.376 e. The van der Waals surface area contributed by atoms with Crippen molar-refractivity contribution in [2.45, 2.75) is 70.4 Å². The lowest BCUT2D eigenvalue weighted by molar-refractivity contribution is -0.125. The molecule has 0 radical (unpaired) electrons. The van der Waals surface area contributed by atoms with E-state index in [1.165, 1.54) is 22.4 Å². The minimum Gasteiger partial charge on any atom is -0.376 e. The Hall–Kier alpha value is -3.73. The third-order valence-corrected chi connectivity index (χ3v) is 7.94. The molecule has 2 N–H and O–H groups in total. The zero-order valence-corrected chi connectivity index (χ0v) is 22.3. The van der Waals surface area contributed by atoms with E-state index in [-0.39, 0.29) is 17.9 Å². The quantitative estimate of drug-likeness (QED) is 0.348. The molecule has 2 heterocycles. The number of carbonyl (C=O) groups excluding carboxylic acids is 1. The van der Waals surface area contributed by atoms with E-state index in [4.69, 9.17) is 4.98 Å². The maximum atomic E-state index is 13.0. The topological polar surface area (TPSA) is 66.9 Å². The predicted molar refractivity (Wildman–Crippen MR) is 154 cm³/mol. The Labute approximate surface area is 226 Å². The number of allylic oxidation sites excluding steroid dienone is 1. The Balaban J connectivity index is 1.22. The fourth-order valence-corrected chi connectivity index (χ4v) is 5.85. The summed E-state index contributed by atoms with van der Waals surface area (Å²) < 4.78 is 0. The fraction of sp³-hybridized carbons (Fsp3) is 0.364. The Kier molecular flexibility index (Phi) is 8.32. The first-order chi connectivity index (χ1) is 18.6. The summed E-state index contributed by atoms with van der Waals surface area (Å²) in [5.41, 5.74) is 8.10. The molecule has 196 valence electrons. The number of nitrogens with zero attached hydrogens (tertiary/aromatic N) is 2. The lowest BCUT2D eigenvalue weighted by Gasteiger charge is -2.29. The summed E-state index contributed by atoms with van der Waals surface area (Å²) in [6.07, 6.45) is 12.8. The van der Waals surface area contributed by atoms with Crippen molar-refractivity contribution in [1.82, 2.24) is 20.6 Å². The fourth-order valence-electron chi connectivity index (χ4n) is 5.85. The number of fused-ring (bicyclic) bond motifs is 1. The number of benzene rings is 2. The molecule has 0 spiro atoms. The first-order valence-electron chi connectivity index (χ1n) is 14.0. The maximum Gasteiger partial charge on any atom is 0.223 e. The van der Waals surface area contributed by atoms with Gasteiger partial charge < -0.3 is 10.6 Å². The molecule has 1 saturated carbocycles. The van der Waals surface area contributed by atoms with Gasteiger partial charge in [0.25, 0.3) is 0 Å². The van der Waals surface area contributed by atoms with Crippen LogP contribution >= 0.6 is 0 Å². The molecule has 1 aromatic heterocycles. The summed E-state index contributed by atoms with van der Waals surface area (Å²) in [6.45, 7) is 6.55. The smallest absolute Gasteiger partial charge is 0.223 e. The van der Waals surface area contributed by atoms with E-state index in [2.05, 4.69) is 83.7 Å². The van der Waals surface area contributed by atoms with Gasteiger partial charge in [-0.3, -0.25) is 4.79 Å². The first kappa shape index (κ1) is 25.9. The molecule has 0 unspecified atom stereocenters. The van der Waals surface area contributed by atoms with Gasteiger partial charge in [0.05, 0.1) is 17.4 Å². The van der Waals surface area contributed by atoms with E-state index in [1.807, 2.05) is 12.1 Å². The zero-order chi connectivity index (χ0) is 26.3. The standard InChI is InChI=1S/C33H38N4O/c1-3-9-24-16-18-25(19-17-24)21-34-33(38)28-14-7-12-27(13-8-15-28)32-29-20-30(26-10-5-4-6-11-26)37-23(2)31(29)35-22-36-32/h3-6,10-11,16-20,22-23,27-28,37H,1,7-9,12-15,21H2,2H3,(H,34,38)/t23-,27?,28?/m1/s1. The normalized spacial score (nSPS) is 21.2. The molecule has 0 saturated heterocycles. The highest BCUT2D eigenvalue weighted by atomic mass is 16.1. The molecule has 5 nitrogen and oxygen atoms in total. The van der Waals surface area contributed by atoms with Gasteiger partial charge in [-0.1, -0.05) is 73.5 Å². The van der Waals surface area contributed by atoms with Crippen molar-refractivity contribution in [3.05, 3.63) is 107 Å². The molecule has 1 amide bonds. The molecular formula is C33H38N4O. The molecule has 1 fully saturated rings. The number of aromatic nitrogens is 2. The maximum absolute atomic E-state index is 13.0. The lowest BCUT2D eigenvalue weighted by Crippen LogP contribution is -2.31. The van der Waals surface area contributed by atoms with Crippen LogP contribution in [-0.4, -0.2) is 15.9 Å². The van der Waals surface area contributed by atoms with Crippen LogP contribution in [0.5, 0.6) is 0 Å². The second-order valence-corrected chi connectivity index (χ2v) is 10.6. The molecule has 1 aliphatic heterocycles. The van der Waals surface area contributed by atoms with Gasteiger partial charge in [-0.25, -0.2) is 9.97 Å². The van der Waals surface area contributed by atoms with Crippen molar-refractivity contribution in [2.75, 3.05) is 0 Å². The number of hydrogen-bond acceptors (Lipinski definition) is 4. The molecule has 1 atom stereocenters. The lowest BCUT2D eigenvalue weighted by atomic mass is 9.81. The number of rotatable bonds is 7. The molecule has 2 aromatic carbocycles. The molecule has 2 aliphatic rings. The average molecular weight is 507 g/mol. The van der Waals surface area contributed by atoms with Gasteiger partial charge in [-0.2, -0.15) is 0 Å². The zero-order valence-electron chi connectivity index (χ0n) is 22.3. The molecule has 5 rings (SSSR count). The van der Waals surface area contributed by atoms with Gasteiger partial charge in [-0.05, 0) is 61.8 Å². The van der Waals surface area contributed by atoms with Crippen molar-refractivity contribution in [1.29, 1.82) is 0 Å². The van der Waals surface area contributed by atoms with Gasteiger partial charge in [0, 0.05) is 29.6 Å². The molecule has 38 heavy (non-hydrogen) atoms. The minimum atomic E-state index is 0.0871. The van der Waals surface area contributed by atoms with Crippen LogP contribution in [0.3, 0.4) is 0 Å². The predicted octanol–water partition coefficient (Wildman–Crippen LogP) is 6.74. The van der Waals surface area contributed by atoms with Crippen molar-refractivity contribution < 1.29 is 4.79 Å². The number of amides is 1. The Morgan fingerprint density at radius 3 is 2.37 bits per heavy atom. The summed E-state index contributed by atoms with van der Waals surface area (Å²) in [6, 6.07) is 19.0. The third kappa shape index (κ3) is 6.04.